The molecule has 6 nitrogen and oxygen atoms in total. The Hall–Kier alpha value is -2.57. The Labute approximate surface area is 207 Å². The van der Waals surface area contributed by atoms with Crippen LogP contribution in [-0.2, 0) is 22.6 Å². The standard InChI is InChI=1S/C27H34ClN4O2/c28-24-10-7-21(8-11-24)9-12-27(34)32-17-15-31(16-18-32)25-4-2-1-3-23(25)20-30(14-13-26(29)33)19-22-5-6-22/h1-4,7-8,10-12,22H,5-6,9,13-20H2,(H2,29,33). The van der Waals surface area contributed by atoms with Gasteiger partial charge in [-0.2, -0.15) is 0 Å². The van der Waals surface area contributed by atoms with E-state index in [0.29, 0.717) is 37.5 Å². The van der Waals surface area contributed by atoms with Gasteiger partial charge in [0.05, 0.1) is 6.42 Å². The molecule has 34 heavy (non-hydrogen) atoms. The van der Waals surface area contributed by atoms with Crippen LogP contribution in [0.1, 0.15) is 30.4 Å². The fraction of sp³-hybridized carbons (Fsp3) is 0.444. The van der Waals surface area contributed by atoms with Crippen molar-refractivity contribution in [1.82, 2.24) is 9.80 Å². The molecule has 181 valence electrons. The molecule has 1 heterocycles. The van der Waals surface area contributed by atoms with E-state index in [0.717, 1.165) is 37.7 Å². The summed E-state index contributed by atoms with van der Waals surface area (Å²) in [6.07, 6.45) is 5.32. The number of anilines is 1. The van der Waals surface area contributed by atoms with Crippen molar-refractivity contribution in [3.63, 3.8) is 0 Å². The van der Waals surface area contributed by atoms with Crippen LogP contribution in [0.25, 0.3) is 0 Å². The predicted octanol–water partition coefficient (Wildman–Crippen LogP) is 3.52. The molecule has 0 spiro atoms. The third-order valence-electron chi connectivity index (χ3n) is 6.63. The number of carbonyl (C=O) groups excluding carboxylic acids is 2. The summed E-state index contributed by atoms with van der Waals surface area (Å²) in [5.74, 6) is 0.589. The van der Waals surface area contributed by atoms with E-state index in [4.69, 9.17) is 17.3 Å². The first-order valence-electron chi connectivity index (χ1n) is 12.2. The zero-order valence-corrected chi connectivity index (χ0v) is 20.4. The van der Waals surface area contributed by atoms with E-state index in [1.165, 1.54) is 24.1 Å². The molecule has 2 aromatic rings. The molecule has 2 aliphatic rings. The topological polar surface area (TPSA) is 69.9 Å². The first-order chi connectivity index (χ1) is 16.5. The smallest absolute Gasteiger partial charge is 0.226 e. The molecule has 2 N–H and O–H groups in total. The zero-order valence-electron chi connectivity index (χ0n) is 19.7. The largest absolute Gasteiger partial charge is 0.370 e. The molecule has 0 unspecified atom stereocenters. The molecular weight excluding hydrogens is 448 g/mol. The van der Waals surface area contributed by atoms with Crippen molar-refractivity contribution in [3.8, 4) is 0 Å². The number of hydrogen-bond acceptors (Lipinski definition) is 4. The maximum Gasteiger partial charge on any atom is 0.226 e. The third-order valence-corrected chi connectivity index (χ3v) is 6.88. The fourth-order valence-electron chi connectivity index (χ4n) is 4.49. The summed E-state index contributed by atoms with van der Waals surface area (Å²) in [4.78, 5) is 30.7. The molecular formula is C27H34ClN4O2. The maximum absolute atomic E-state index is 12.7. The molecule has 1 aliphatic heterocycles. The Morgan fingerprint density at radius 2 is 1.74 bits per heavy atom. The lowest BCUT2D eigenvalue weighted by Crippen LogP contribution is -2.49. The molecule has 4 rings (SSSR count). The highest BCUT2D eigenvalue weighted by molar-refractivity contribution is 6.30. The van der Waals surface area contributed by atoms with Crippen molar-refractivity contribution < 1.29 is 9.59 Å². The van der Waals surface area contributed by atoms with Gasteiger partial charge in [-0.25, -0.2) is 0 Å². The Morgan fingerprint density at radius 3 is 2.41 bits per heavy atom. The third kappa shape index (κ3) is 7.21. The van der Waals surface area contributed by atoms with Crippen LogP contribution in [0.15, 0.2) is 48.5 Å². The van der Waals surface area contributed by atoms with Crippen LogP contribution in [0.2, 0.25) is 5.02 Å². The van der Waals surface area contributed by atoms with Gasteiger partial charge >= 0.3 is 0 Å². The number of rotatable bonds is 11. The van der Waals surface area contributed by atoms with Gasteiger partial charge in [0.15, 0.2) is 0 Å². The van der Waals surface area contributed by atoms with Gasteiger partial charge in [-0.05, 0) is 54.5 Å². The van der Waals surface area contributed by atoms with Crippen molar-refractivity contribution in [3.05, 3.63) is 71.1 Å². The molecule has 2 amide bonds. The van der Waals surface area contributed by atoms with E-state index in [1.807, 2.05) is 29.2 Å². The van der Waals surface area contributed by atoms with Crippen LogP contribution in [-0.4, -0.2) is 60.9 Å². The van der Waals surface area contributed by atoms with Crippen LogP contribution < -0.4 is 10.6 Å². The number of hydrogen-bond donors (Lipinski definition) is 1. The molecule has 2 aromatic carbocycles. The molecule has 7 heteroatoms. The highest BCUT2D eigenvalue weighted by Crippen LogP contribution is 2.31. The second-order valence-electron chi connectivity index (χ2n) is 9.37. The average molecular weight is 482 g/mol. The minimum Gasteiger partial charge on any atom is -0.370 e. The fourth-order valence-corrected chi connectivity index (χ4v) is 4.61. The van der Waals surface area contributed by atoms with Gasteiger partial charge in [-0.3, -0.25) is 14.5 Å². The van der Waals surface area contributed by atoms with Crippen LogP contribution in [0.5, 0.6) is 0 Å². The second kappa shape index (κ2) is 11.7. The van der Waals surface area contributed by atoms with Crippen LogP contribution in [0.3, 0.4) is 0 Å². The van der Waals surface area contributed by atoms with E-state index in [9.17, 15) is 9.59 Å². The summed E-state index contributed by atoms with van der Waals surface area (Å²) in [6.45, 7) is 5.56. The molecule has 1 saturated carbocycles. The molecule has 1 saturated heterocycles. The summed E-state index contributed by atoms with van der Waals surface area (Å²) in [5, 5.41) is 0.704. The number of amides is 2. The lowest BCUT2D eigenvalue weighted by Gasteiger charge is -2.37. The summed E-state index contributed by atoms with van der Waals surface area (Å²) in [5.41, 5.74) is 8.98. The molecule has 0 aromatic heterocycles. The first kappa shape index (κ1) is 24.6. The van der Waals surface area contributed by atoms with Crippen molar-refractivity contribution in [2.75, 3.05) is 44.2 Å². The summed E-state index contributed by atoms with van der Waals surface area (Å²) in [7, 11) is 0. The highest BCUT2D eigenvalue weighted by Gasteiger charge is 2.26. The number of para-hydroxylation sites is 1. The van der Waals surface area contributed by atoms with Gasteiger partial charge in [-0.1, -0.05) is 41.9 Å². The van der Waals surface area contributed by atoms with Crippen molar-refractivity contribution in [2.45, 2.75) is 32.2 Å². The monoisotopic (exact) mass is 481 g/mol. The Kier molecular flexibility index (Phi) is 8.46. The number of halogens is 1. The zero-order chi connectivity index (χ0) is 23.9. The molecule has 1 aliphatic carbocycles. The van der Waals surface area contributed by atoms with Crippen LogP contribution >= 0.6 is 11.6 Å². The highest BCUT2D eigenvalue weighted by atomic mass is 35.5. The summed E-state index contributed by atoms with van der Waals surface area (Å²) in [6, 6.07) is 16.1. The van der Waals surface area contributed by atoms with Gasteiger partial charge in [-0.15, -0.1) is 0 Å². The molecule has 1 radical (unpaired) electrons. The predicted molar refractivity (Wildman–Crippen MR) is 137 cm³/mol. The number of nitrogens with two attached hydrogens (primary N) is 1. The number of carbonyl (C=O) groups is 2. The van der Waals surface area contributed by atoms with Crippen molar-refractivity contribution >= 4 is 29.1 Å². The Morgan fingerprint density at radius 1 is 1.03 bits per heavy atom. The number of primary amides is 1. The minimum absolute atomic E-state index is 0.0879. The lowest BCUT2D eigenvalue weighted by atomic mass is 10.1. The minimum atomic E-state index is -0.247. The van der Waals surface area contributed by atoms with Crippen LogP contribution in [0, 0.1) is 12.3 Å². The number of nitrogens with zero attached hydrogens (tertiary/aromatic N) is 3. The van der Waals surface area contributed by atoms with Gasteiger partial charge in [0, 0.05) is 62.9 Å². The Bertz CT molecular complexity index is 969. The number of benzene rings is 2. The van der Waals surface area contributed by atoms with Gasteiger partial charge < -0.3 is 15.5 Å². The average Bonchev–Trinajstić information content (AvgIpc) is 3.66. The molecule has 2 fully saturated rings. The number of piperazine rings is 1. The van der Waals surface area contributed by atoms with E-state index in [-0.39, 0.29) is 11.8 Å². The normalized spacial score (nSPS) is 16.2. The van der Waals surface area contributed by atoms with Crippen LogP contribution in [0.4, 0.5) is 5.69 Å². The quantitative estimate of drug-likeness (QED) is 0.533. The first-order valence-corrected chi connectivity index (χ1v) is 12.6. The Balaban J connectivity index is 1.31. The van der Waals surface area contributed by atoms with Crippen molar-refractivity contribution in [2.24, 2.45) is 11.7 Å². The SMILES string of the molecule is NC(=O)CCN(Cc1ccccc1N1CCN(C(=O)[CH]Cc2ccc(Cl)cc2)CC1)CC1CC1. The molecule has 0 bridgehead atoms. The maximum atomic E-state index is 12.7. The second-order valence-corrected chi connectivity index (χ2v) is 9.81. The molecule has 0 atom stereocenters. The van der Waals surface area contributed by atoms with E-state index in [2.05, 4.69) is 34.1 Å². The van der Waals surface area contributed by atoms with E-state index >= 15 is 0 Å². The van der Waals surface area contributed by atoms with Gasteiger partial charge in [0.1, 0.15) is 0 Å². The van der Waals surface area contributed by atoms with E-state index < -0.39 is 0 Å². The summed E-state index contributed by atoms with van der Waals surface area (Å²) >= 11 is 5.94. The van der Waals surface area contributed by atoms with Crippen molar-refractivity contribution in [1.29, 1.82) is 0 Å². The van der Waals surface area contributed by atoms with Gasteiger partial charge in [0.2, 0.25) is 11.8 Å². The summed E-state index contributed by atoms with van der Waals surface area (Å²) < 4.78 is 0. The van der Waals surface area contributed by atoms with Gasteiger partial charge in [0.25, 0.3) is 0 Å². The van der Waals surface area contributed by atoms with E-state index in [1.54, 1.807) is 6.42 Å². The lowest BCUT2D eigenvalue weighted by molar-refractivity contribution is -0.128.